The van der Waals surface area contributed by atoms with Gasteiger partial charge in [0.1, 0.15) is 0 Å². The molecule has 1 N–H and O–H groups in total. The van der Waals surface area contributed by atoms with Crippen LogP contribution in [0.2, 0.25) is 0 Å². The van der Waals surface area contributed by atoms with Crippen LogP contribution in [-0.2, 0) is 6.18 Å². The number of aliphatic hydroxyl groups excluding tert-OH is 1. The van der Waals surface area contributed by atoms with Crippen molar-refractivity contribution in [2.45, 2.75) is 25.1 Å². The van der Waals surface area contributed by atoms with Crippen molar-refractivity contribution in [3.8, 4) is 0 Å². The van der Waals surface area contributed by atoms with E-state index in [-0.39, 0.29) is 5.92 Å². The van der Waals surface area contributed by atoms with Crippen molar-refractivity contribution >= 4 is 5.69 Å². The Hall–Kier alpha value is -2.22. The second-order valence-corrected chi connectivity index (χ2v) is 5.82. The maximum atomic E-state index is 12.5. The second kappa shape index (κ2) is 6.72. The molecule has 0 bridgehead atoms. The van der Waals surface area contributed by atoms with Crippen LogP contribution in [0.5, 0.6) is 0 Å². The van der Waals surface area contributed by atoms with Crippen LogP contribution in [-0.4, -0.2) is 33.1 Å². The molecular formula is C16H17F3N4O. The van der Waals surface area contributed by atoms with Crippen molar-refractivity contribution in [3.05, 3.63) is 48.3 Å². The Morgan fingerprint density at radius 1 is 1.12 bits per heavy atom. The van der Waals surface area contributed by atoms with E-state index in [0.717, 1.165) is 18.4 Å². The van der Waals surface area contributed by atoms with Gasteiger partial charge >= 0.3 is 6.18 Å². The van der Waals surface area contributed by atoms with Gasteiger partial charge in [0.15, 0.2) is 0 Å². The molecule has 1 atom stereocenters. The fraction of sp³-hybridized carbons (Fsp3) is 0.438. The molecule has 24 heavy (non-hydrogen) atoms. The van der Waals surface area contributed by atoms with E-state index in [4.69, 9.17) is 0 Å². The fourth-order valence-corrected chi connectivity index (χ4v) is 2.93. The fourth-order valence-electron chi connectivity index (χ4n) is 2.93. The number of aliphatic hydroxyl groups is 1. The van der Waals surface area contributed by atoms with Gasteiger partial charge in [0, 0.05) is 25.5 Å². The van der Waals surface area contributed by atoms with Gasteiger partial charge in [-0.2, -0.15) is 13.2 Å². The van der Waals surface area contributed by atoms with Crippen LogP contribution in [0.3, 0.4) is 0 Å². The highest BCUT2D eigenvalue weighted by molar-refractivity contribution is 5.42. The number of piperidine rings is 1. The highest BCUT2D eigenvalue weighted by Gasteiger charge is 2.34. The minimum atomic E-state index is -4.53. The van der Waals surface area contributed by atoms with Crippen LogP contribution in [0, 0.1) is 5.92 Å². The van der Waals surface area contributed by atoms with Gasteiger partial charge in [0.05, 0.1) is 24.2 Å². The molecule has 0 saturated carbocycles. The molecule has 0 radical (unpaired) electrons. The molecule has 5 nitrogen and oxygen atoms in total. The van der Waals surface area contributed by atoms with Gasteiger partial charge in [-0.25, -0.2) is 9.97 Å². The summed E-state index contributed by atoms with van der Waals surface area (Å²) in [4.78, 5) is 12.7. The van der Waals surface area contributed by atoms with Crippen LogP contribution < -0.4 is 4.90 Å². The van der Waals surface area contributed by atoms with Gasteiger partial charge in [-0.1, -0.05) is 6.07 Å². The topological polar surface area (TPSA) is 62.1 Å². The first-order valence-corrected chi connectivity index (χ1v) is 7.67. The van der Waals surface area contributed by atoms with E-state index in [9.17, 15) is 18.3 Å². The third-order valence-corrected chi connectivity index (χ3v) is 4.27. The van der Waals surface area contributed by atoms with Crippen molar-refractivity contribution in [1.82, 2.24) is 15.0 Å². The number of anilines is 1. The highest BCUT2D eigenvalue weighted by atomic mass is 19.4. The summed E-state index contributed by atoms with van der Waals surface area (Å²) in [5.74, 6) is -1.03. The van der Waals surface area contributed by atoms with Gasteiger partial charge in [-0.15, -0.1) is 0 Å². The Morgan fingerprint density at radius 2 is 1.79 bits per heavy atom. The van der Waals surface area contributed by atoms with E-state index in [1.54, 1.807) is 18.5 Å². The number of hydrogen-bond acceptors (Lipinski definition) is 5. The predicted molar refractivity (Wildman–Crippen MR) is 81.2 cm³/mol. The molecule has 1 aliphatic heterocycles. The molecule has 128 valence electrons. The standard InChI is InChI=1S/C16H17F3N4O/c17-16(18,19)15-21-9-13(10-22-15)23-6-3-11(4-7-23)14(24)12-2-1-5-20-8-12/h1-2,5,8-11,14,24H,3-4,6-7H2/t14-/m0/s1. The van der Waals surface area contributed by atoms with Crippen molar-refractivity contribution in [2.24, 2.45) is 5.92 Å². The Bertz CT molecular complexity index is 655. The second-order valence-electron chi connectivity index (χ2n) is 5.82. The first-order valence-electron chi connectivity index (χ1n) is 7.67. The zero-order valence-electron chi connectivity index (χ0n) is 12.8. The molecule has 8 heteroatoms. The van der Waals surface area contributed by atoms with E-state index >= 15 is 0 Å². The Morgan fingerprint density at radius 3 is 2.33 bits per heavy atom. The van der Waals surface area contributed by atoms with E-state index < -0.39 is 18.1 Å². The summed E-state index contributed by atoms with van der Waals surface area (Å²) in [5.41, 5.74) is 1.35. The van der Waals surface area contributed by atoms with Crippen LogP contribution in [0.25, 0.3) is 0 Å². The molecule has 0 spiro atoms. The maximum absolute atomic E-state index is 12.5. The number of nitrogens with zero attached hydrogens (tertiary/aromatic N) is 4. The zero-order valence-corrected chi connectivity index (χ0v) is 12.8. The normalized spacial score (nSPS) is 17.8. The molecule has 2 aromatic heterocycles. The molecule has 0 aliphatic carbocycles. The van der Waals surface area contributed by atoms with Crippen molar-refractivity contribution < 1.29 is 18.3 Å². The molecule has 3 heterocycles. The van der Waals surface area contributed by atoms with Gasteiger partial charge in [0.2, 0.25) is 5.82 Å². The SMILES string of the molecule is O[C@H](c1cccnc1)C1CCN(c2cnc(C(F)(F)F)nc2)CC1. The molecular weight excluding hydrogens is 321 g/mol. The first kappa shape index (κ1) is 16.6. The van der Waals surface area contributed by atoms with Gasteiger partial charge in [-0.3, -0.25) is 4.98 Å². The minimum Gasteiger partial charge on any atom is -0.388 e. The lowest BCUT2D eigenvalue weighted by atomic mass is 9.88. The summed E-state index contributed by atoms with van der Waals surface area (Å²) in [6, 6.07) is 3.63. The van der Waals surface area contributed by atoms with E-state index in [0.29, 0.717) is 18.8 Å². The lowest BCUT2D eigenvalue weighted by molar-refractivity contribution is -0.144. The van der Waals surface area contributed by atoms with E-state index in [1.807, 2.05) is 11.0 Å². The summed E-state index contributed by atoms with van der Waals surface area (Å²) in [7, 11) is 0. The van der Waals surface area contributed by atoms with E-state index in [2.05, 4.69) is 15.0 Å². The highest BCUT2D eigenvalue weighted by Crippen LogP contribution is 2.32. The van der Waals surface area contributed by atoms with Crippen LogP contribution >= 0.6 is 0 Å². The molecule has 3 rings (SSSR count). The van der Waals surface area contributed by atoms with Crippen LogP contribution in [0.15, 0.2) is 36.9 Å². The maximum Gasteiger partial charge on any atom is 0.451 e. The summed E-state index contributed by atoms with van der Waals surface area (Å²) in [6.45, 7) is 1.27. The molecule has 1 fully saturated rings. The largest absolute Gasteiger partial charge is 0.451 e. The molecule has 2 aromatic rings. The Balaban J connectivity index is 1.61. The van der Waals surface area contributed by atoms with Gasteiger partial charge in [-0.05, 0) is 30.4 Å². The number of aromatic nitrogens is 3. The van der Waals surface area contributed by atoms with Gasteiger partial charge in [0.25, 0.3) is 0 Å². The molecule has 1 saturated heterocycles. The van der Waals surface area contributed by atoms with Crippen molar-refractivity contribution in [2.75, 3.05) is 18.0 Å². The molecule has 0 unspecified atom stereocenters. The quantitative estimate of drug-likeness (QED) is 0.932. The van der Waals surface area contributed by atoms with E-state index in [1.165, 1.54) is 12.4 Å². The number of alkyl halides is 3. The zero-order chi connectivity index (χ0) is 17.2. The summed E-state index contributed by atoms with van der Waals surface area (Å²) in [5, 5.41) is 10.4. The monoisotopic (exact) mass is 338 g/mol. The Labute approximate surface area is 137 Å². The van der Waals surface area contributed by atoms with Crippen LogP contribution in [0.1, 0.15) is 30.3 Å². The lowest BCUT2D eigenvalue weighted by Gasteiger charge is -2.35. The predicted octanol–water partition coefficient (Wildman–Crippen LogP) is 2.84. The van der Waals surface area contributed by atoms with Crippen LogP contribution in [0.4, 0.5) is 18.9 Å². The third kappa shape index (κ3) is 3.64. The smallest absolute Gasteiger partial charge is 0.388 e. The average molecular weight is 338 g/mol. The van der Waals surface area contributed by atoms with Crippen molar-refractivity contribution in [1.29, 1.82) is 0 Å². The van der Waals surface area contributed by atoms with Crippen molar-refractivity contribution in [3.63, 3.8) is 0 Å². The number of rotatable bonds is 3. The lowest BCUT2D eigenvalue weighted by Crippen LogP contribution is -2.36. The Kier molecular flexibility index (Phi) is 4.66. The molecule has 1 aliphatic rings. The summed E-state index contributed by atoms with van der Waals surface area (Å²) in [6.07, 6.45) is 2.07. The summed E-state index contributed by atoms with van der Waals surface area (Å²) < 4.78 is 37.5. The molecule has 0 amide bonds. The number of halogens is 3. The average Bonchev–Trinajstić information content (AvgIpc) is 2.61. The first-order chi connectivity index (χ1) is 11.4. The molecule has 0 aromatic carbocycles. The van der Waals surface area contributed by atoms with Gasteiger partial charge < -0.3 is 10.0 Å². The third-order valence-electron chi connectivity index (χ3n) is 4.27. The number of hydrogen-bond donors (Lipinski definition) is 1. The number of pyridine rings is 1. The minimum absolute atomic E-state index is 0.0980. The summed E-state index contributed by atoms with van der Waals surface area (Å²) >= 11 is 0.